The zero-order valence-electron chi connectivity index (χ0n) is 12.0. The Labute approximate surface area is 110 Å². The van der Waals surface area contributed by atoms with Gasteiger partial charge in [0.05, 0.1) is 19.3 Å². The van der Waals surface area contributed by atoms with E-state index in [1.54, 1.807) is 0 Å². The van der Waals surface area contributed by atoms with Gasteiger partial charge in [-0.2, -0.15) is 0 Å². The van der Waals surface area contributed by atoms with Gasteiger partial charge >= 0.3 is 0 Å². The van der Waals surface area contributed by atoms with Crippen LogP contribution in [0.25, 0.3) is 0 Å². The quantitative estimate of drug-likeness (QED) is 0.772. The van der Waals surface area contributed by atoms with Gasteiger partial charge in [-0.3, -0.25) is 4.79 Å². The van der Waals surface area contributed by atoms with Crippen LogP contribution in [0.4, 0.5) is 0 Å². The van der Waals surface area contributed by atoms with Crippen molar-refractivity contribution in [3.63, 3.8) is 0 Å². The summed E-state index contributed by atoms with van der Waals surface area (Å²) in [4.78, 5) is 13.6. The molecule has 1 fully saturated rings. The predicted molar refractivity (Wildman–Crippen MR) is 70.3 cm³/mol. The lowest BCUT2D eigenvalue weighted by atomic mass is 10.2. The van der Waals surface area contributed by atoms with Crippen molar-refractivity contribution in [3.8, 4) is 0 Å². The topological polar surface area (TPSA) is 50.8 Å². The molecule has 0 aliphatic carbocycles. The number of amides is 1. The fourth-order valence-corrected chi connectivity index (χ4v) is 1.93. The van der Waals surface area contributed by atoms with Crippen LogP contribution in [0.2, 0.25) is 0 Å². The standard InChI is InChI=1S/C13H26N2O3/c1-5-15(6-2)12(16)7-8-14-11-9-17-13(3,4)18-10-11/h11,14H,5-10H2,1-4H3. The van der Waals surface area contributed by atoms with Crippen molar-refractivity contribution in [2.75, 3.05) is 32.8 Å². The number of ether oxygens (including phenoxy) is 2. The van der Waals surface area contributed by atoms with Crippen molar-refractivity contribution in [1.82, 2.24) is 10.2 Å². The number of nitrogens with zero attached hydrogens (tertiary/aromatic N) is 1. The van der Waals surface area contributed by atoms with E-state index in [2.05, 4.69) is 5.32 Å². The van der Waals surface area contributed by atoms with Gasteiger partial charge in [0, 0.05) is 26.1 Å². The molecule has 0 aromatic heterocycles. The summed E-state index contributed by atoms with van der Waals surface area (Å²) >= 11 is 0. The smallest absolute Gasteiger partial charge is 0.223 e. The van der Waals surface area contributed by atoms with Crippen LogP contribution in [-0.2, 0) is 14.3 Å². The molecule has 1 amide bonds. The average molecular weight is 258 g/mol. The van der Waals surface area contributed by atoms with Crippen LogP contribution in [0, 0.1) is 0 Å². The highest BCUT2D eigenvalue weighted by Crippen LogP contribution is 2.16. The van der Waals surface area contributed by atoms with E-state index in [1.807, 2.05) is 32.6 Å². The maximum absolute atomic E-state index is 11.8. The lowest BCUT2D eigenvalue weighted by Crippen LogP contribution is -2.49. The minimum Gasteiger partial charge on any atom is -0.349 e. The lowest BCUT2D eigenvalue weighted by Gasteiger charge is -2.35. The van der Waals surface area contributed by atoms with E-state index in [0.29, 0.717) is 26.2 Å². The third-order valence-electron chi connectivity index (χ3n) is 3.15. The summed E-state index contributed by atoms with van der Waals surface area (Å²) in [5.41, 5.74) is 0. The summed E-state index contributed by atoms with van der Waals surface area (Å²) in [6, 6.07) is 0.183. The third kappa shape index (κ3) is 4.92. The number of carbonyl (C=O) groups excluding carboxylic acids is 1. The molecule has 1 aliphatic heterocycles. The van der Waals surface area contributed by atoms with Gasteiger partial charge in [0.15, 0.2) is 5.79 Å². The minimum absolute atomic E-state index is 0.183. The van der Waals surface area contributed by atoms with Crippen molar-refractivity contribution in [1.29, 1.82) is 0 Å². The number of hydrogen-bond donors (Lipinski definition) is 1. The number of hydrogen-bond acceptors (Lipinski definition) is 4. The van der Waals surface area contributed by atoms with Gasteiger partial charge < -0.3 is 19.7 Å². The molecule has 0 aromatic rings. The predicted octanol–water partition coefficient (Wildman–Crippen LogP) is 0.986. The summed E-state index contributed by atoms with van der Waals surface area (Å²) in [6.45, 7) is 11.3. The lowest BCUT2D eigenvalue weighted by molar-refractivity contribution is -0.252. The third-order valence-corrected chi connectivity index (χ3v) is 3.15. The minimum atomic E-state index is -0.477. The van der Waals surface area contributed by atoms with Crippen LogP contribution in [0.15, 0.2) is 0 Å². The Bertz CT molecular complexity index is 255. The molecule has 5 nitrogen and oxygen atoms in total. The molecule has 1 saturated heterocycles. The highest BCUT2D eigenvalue weighted by Gasteiger charge is 2.27. The van der Waals surface area contributed by atoms with Gasteiger partial charge in [-0.25, -0.2) is 0 Å². The molecule has 0 atom stereocenters. The highest BCUT2D eigenvalue weighted by molar-refractivity contribution is 5.76. The molecule has 1 heterocycles. The molecule has 0 radical (unpaired) electrons. The molecule has 0 unspecified atom stereocenters. The first-order valence-corrected chi connectivity index (χ1v) is 6.77. The van der Waals surface area contributed by atoms with E-state index in [1.165, 1.54) is 0 Å². The Morgan fingerprint density at radius 3 is 2.33 bits per heavy atom. The summed E-state index contributed by atoms with van der Waals surface area (Å²) < 4.78 is 11.1. The van der Waals surface area contributed by atoms with E-state index in [9.17, 15) is 4.79 Å². The van der Waals surface area contributed by atoms with Crippen LogP contribution >= 0.6 is 0 Å². The van der Waals surface area contributed by atoms with E-state index in [-0.39, 0.29) is 11.9 Å². The summed E-state index contributed by atoms with van der Waals surface area (Å²) in [5.74, 6) is -0.277. The van der Waals surface area contributed by atoms with E-state index < -0.39 is 5.79 Å². The second-order valence-corrected chi connectivity index (χ2v) is 4.99. The summed E-state index contributed by atoms with van der Waals surface area (Å²) in [7, 11) is 0. The van der Waals surface area contributed by atoms with Crippen molar-refractivity contribution in [2.45, 2.75) is 45.9 Å². The fourth-order valence-electron chi connectivity index (χ4n) is 1.93. The van der Waals surface area contributed by atoms with E-state index in [4.69, 9.17) is 9.47 Å². The van der Waals surface area contributed by atoms with Gasteiger partial charge in [0.25, 0.3) is 0 Å². The Kier molecular flexibility index (Phi) is 6.05. The van der Waals surface area contributed by atoms with Crippen molar-refractivity contribution < 1.29 is 14.3 Å². The van der Waals surface area contributed by atoms with Crippen molar-refractivity contribution >= 4 is 5.91 Å². The first-order chi connectivity index (χ1) is 8.48. The normalized spacial score (nSPS) is 19.8. The molecule has 1 aliphatic rings. The average Bonchev–Trinajstić information content (AvgIpc) is 2.33. The monoisotopic (exact) mass is 258 g/mol. The van der Waals surface area contributed by atoms with Crippen LogP contribution in [0.3, 0.4) is 0 Å². The molecule has 18 heavy (non-hydrogen) atoms. The zero-order chi connectivity index (χ0) is 13.6. The Hall–Kier alpha value is -0.650. The number of rotatable bonds is 6. The first kappa shape index (κ1) is 15.4. The fraction of sp³-hybridized carbons (Fsp3) is 0.923. The molecule has 0 saturated carbocycles. The van der Waals surface area contributed by atoms with E-state index >= 15 is 0 Å². The SMILES string of the molecule is CCN(CC)C(=O)CCNC1COC(C)(C)OC1. The second-order valence-electron chi connectivity index (χ2n) is 4.99. The maximum atomic E-state index is 11.8. The molecular formula is C13H26N2O3. The van der Waals surface area contributed by atoms with Crippen LogP contribution in [-0.4, -0.2) is 55.5 Å². The molecule has 5 heteroatoms. The first-order valence-electron chi connectivity index (χ1n) is 6.77. The Morgan fingerprint density at radius 1 is 1.28 bits per heavy atom. The van der Waals surface area contributed by atoms with Crippen LogP contribution < -0.4 is 5.32 Å². The second kappa shape index (κ2) is 7.07. The van der Waals surface area contributed by atoms with E-state index in [0.717, 1.165) is 13.1 Å². The Morgan fingerprint density at radius 2 is 1.83 bits per heavy atom. The number of carbonyl (C=O) groups is 1. The zero-order valence-corrected chi connectivity index (χ0v) is 12.0. The van der Waals surface area contributed by atoms with Gasteiger partial charge in [-0.1, -0.05) is 0 Å². The van der Waals surface area contributed by atoms with Gasteiger partial charge in [0.1, 0.15) is 0 Å². The summed E-state index contributed by atoms with van der Waals surface area (Å²) in [6.07, 6.45) is 0.529. The van der Waals surface area contributed by atoms with Gasteiger partial charge in [-0.05, 0) is 27.7 Å². The van der Waals surface area contributed by atoms with Crippen molar-refractivity contribution in [3.05, 3.63) is 0 Å². The van der Waals surface area contributed by atoms with Gasteiger partial charge in [-0.15, -0.1) is 0 Å². The van der Waals surface area contributed by atoms with Crippen LogP contribution in [0.1, 0.15) is 34.1 Å². The molecule has 0 aromatic carbocycles. The molecular weight excluding hydrogens is 232 g/mol. The molecule has 1 N–H and O–H groups in total. The molecule has 0 bridgehead atoms. The maximum Gasteiger partial charge on any atom is 0.223 e. The Balaban J connectivity index is 2.17. The summed E-state index contributed by atoms with van der Waals surface area (Å²) in [5, 5.41) is 3.30. The molecule has 106 valence electrons. The molecule has 1 rings (SSSR count). The highest BCUT2D eigenvalue weighted by atomic mass is 16.7. The largest absolute Gasteiger partial charge is 0.349 e. The van der Waals surface area contributed by atoms with Crippen molar-refractivity contribution in [2.24, 2.45) is 0 Å². The molecule has 0 spiro atoms. The van der Waals surface area contributed by atoms with Gasteiger partial charge in [0.2, 0.25) is 5.91 Å². The van der Waals surface area contributed by atoms with Crippen LogP contribution in [0.5, 0.6) is 0 Å². The number of nitrogens with one attached hydrogen (secondary N) is 1.